The van der Waals surface area contributed by atoms with Crippen molar-refractivity contribution in [1.82, 2.24) is 0 Å². The molecule has 0 aromatic rings. The first-order chi connectivity index (χ1) is 5.89. The fraction of sp³-hybridized carbons (Fsp3) is 0.500. The molecule has 0 aliphatic carbocycles. The number of nitrogens with zero attached hydrogens (tertiary/aromatic N) is 1. The van der Waals surface area contributed by atoms with Crippen LogP contribution in [0.2, 0.25) is 0 Å². The van der Waals surface area contributed by atoms with Crippen LogP contribution < -0.4 is 11.5 Å². The maximum atomic E-state index is 11.4. The van der Waals surface area contributed by atoms with E-state index < -0.39 is 28.4 Å². The molecule has 0 bridgehead atoms. The zero-order chi connectivity index (χ0) is 10.2. The highest BCUT2D eigenvalue weighted by Gasteiger charge is 2.55. The summed E-state index contributed by atoms with van der Waals surface area (Å²) in [5.74, 6) is -2.62. The summed E-state index contributed by atoms with van der Waals surface area (Å²) in [5, 5.41) is 0. The lowest BCUT2D eigenvalue weighted by Gasteiger charge is -2.16. The Morgan fingerprint density at radius 1 is 1.54 bits per heavy atom. The van der Waals surface area contributed by atoms with Gasteiger partial charge in [-0.25, -0.2) is 9.59 Å². The number of urea groups is 1. The highest BCUT2D eigenvalue weighted by molar-refractivity contribution is 6.00. The summed E-state index contributed by atoms with van der Waals surface area (Å²) in [4.78, 5) is 37.6. The Balaban J connectivity index is 2.94. The molecule has 2 atom stereocenters. The lowest BCUT2D eigenvalue weighted by atomic mass is 10.1. The van der Waals surface area contributed by atoms with Gasteiger partial charge in [-0.15, -0.1) is 0 Å². The summed E-state index contributed by atoms with van der Waals surface area (Å²) < 4.78 is -1.02. The first kappa shape index (κ1) is 9.62. The van der Waals surface area contributed by atoms with Crippen LogP contribution >= 0.6 is 0 Å². The maximum Gasteiger partial charge on any atom is 0.454 e. The number of hydrogen-bond acceptors (Lipinski definition) is 4. The van der Waals surface area contributed by atoms with Crippen LogP contribution in [0.25, 0.3) is 0 Å². The molecule has 1 unspecified atom stereocenters. The lowest BCUT2D eigenvalue weighted by molar-refractivity contribution is -0.949. The SMILES string of the molecule is C[N+]1(C(N)=O)OC[C@H](C(N)=O)C1=O. The molecule has 0 aromatic heterocycles. The van der Waals surface area contributed by atoms with E-state index in [-0.39, 0.29) is 6.61 Å². The van der Waals surface area contributed by atoms with Crippen LogP contribution in [0.5, 0.6) is 0 Å². The van der Waals surface area contributed by atoms with Crippen LogP contribution in [0.4, 0.5) is 4.79 Å². The van der Waals surface area contributed by atoms with Gasteiger partial charge in [0.05, 0.1) is 0 Å². The maximum absolute atomic E-state index is 11.4. The Bertz CT molecular complexity index is 290. The van der Waals surface area contributed by atoms with Crippen LogP contribution in [0.1, 0.15) is 0 Å². The Morgan fingerprint density at radius 3 is 2.31 bits per heavy atom. The van der Waals surface area contributed by atoms with Crippen molar-refractivity contribution in [2.45, 2.75) is 0 Å². The van der Waals surface area contributed by atoms with E-state index in [9.17, 15) is 14.4 Å². The molecule has 0 aromatic carbocycles. The van der Waals surface area contributed by atoms with E-state index >= 15 is 0 Å². The van der Waals surface area contributed by atoms with Crippen LogP contribution in [-0.4, -0.2) is 36.1 Å². The summed E-state index contributed by atoms with van der Waals surface area (Å²) in [6, 6.07) is -0.964. The molecular formula is C6H10N3O4+. The van der Waals surface area contributed by atoms with E-state index in [1.54, 1.807) is 0 Å². The molecule has 4 N–H and O–H groups in total. The van der Waals surface area contributed by atoms with Gasteiger partial charge in [-0.2, -0.15) is 4.84 Å². The highest BCUT2D eigenvalue weighted by Crippen LogP contribution is 2.20. The van der Waals surface area contributed by atoms with E-state index in [4.69, 9.17) is 16.3 Å². The Hall–Kier alpha value is -1.47. The topological polar surface area (TPSA) is 112 Å². The van der Waals surface area contributed by atoms with Gasteiger partial charge in [0, 0.05) is 0 Å². The summed E-state index contributed by atoms with van der Waals surface area (Å²) in [6.07, 6.45) is 0. The van der Waals surface area contributed by atoms with E-state index in [2.05, 4.69) is 0 Å². The number of quaternary nitrogens is 1. The number of carbonyl (C=O) groups excluding carboxylic acids is 3. The standard InChI is InChI=1S/C6H9N3O4/c1-9(6(8)12)5(11)3(2-13-9)4(7)10/h3H,2H2,1H3,(H3-,7,8,10,12)/p+1/t3-,9?/m1/s1. The van der Waals surface area contributed by atoms with Gasteiger partial charge in [0.25, 0.3) is 0 Å². The zero-order valence-corrected chi connectivity index (χ0v) is 7.02. The van der Waals surface area contributed by atoms with Gasteiger partial charge in [-0.05, 0) is 4.65 Å². The van der Waals surface area contributed by atoms with Crippen molar-refractivity contribution < 1.29 is 23.9 Å². The van der Waals surface area contributed by atoms with Gasteiger partial charge < -0.3 is 11.5 Å². The largest absolute Gasteiger partial charge is 0.454 e. The van der Waals surface area contributed by atoms with Gasteiger partial charge in [-0.3, -0.25) is 4.79 Å². The Kier molecular flexibility index (Phi) is 2.06. The van der Waals surface area contributed by atoms with Crippen molar-refractivity contribution in [2.75, 3.05) is 13.7 Å². The van der Waals surface area contributed by atoms with Gasteiger partial charge in [0.1, 0.15) is 13.7 Å². The van der Waals surface area contributed by atoms with Gasteiger partial charge >= 0.3 is 11.9 Å². The molecule has 72 valence electrons. The van der Waals surface area contributed by atoms with Crippen molar-refractivity contribution in [2.24, 2.45) is 17.4 Å². The molecule has 4 amide bonds. The summed E-state index contributed by atoms with van der Waals surface area (Å²) >= 11 is 0. The minimum absolute atomic E-state index is 0.201. The van der Waals surface area contributed by atoms with Crippen molar-refractivity contribution in [3.05, 3.63) is 0 Å². The molecule has 1 aliphatic rings. The lowest BCUT2D eigenvalue weighted by Crippen LogP contribution is -2.54. The van der Waals surface area contributed by atoms with Crippen LogP contribution in [-0.2, 0) is 14.4 Å². The average molecular weight is 188 g/mol. The normalized spacial score (nSPS) is 33.3. The van der Waals surface area contributed by atoms with Crippen LogP contribution in [0, 0.1) is 5.92 Å². The molecule has 7 heteroatoms. The first-order valence-corrected chi connectivity index (χ1v) is 3.54. The van der Waals surface area contributed by atoms with Gasteiger partial charge in [-0.1, -0.05) is 0 Å². The second-order valence-electron chi connectivity index (χ2n) is 2.85. The number of amides is 4. The molecule has 0 radical (unpaired) electrons. The number of hydroxylamine groups is 3. The molecule has 13 heavy (non-hydrogen) atoms. The van der Waals surface area contributed by atoms with E-state index in [0.29, 0.717) is 0 Å². The number of nitrogens with two attached hydrogens (primary N) is 2. The summed E-state index contributed by atoms with van der Waals surface area (Å²) in [6.45, 7) is -0.201. The van der Waals surface area contributed by atoms with Crippen molar-refractivity contribution in [3.8, 4) is 0 Å². The average Bonchev–Trinajstić information content (AvgIpc) is 2.30. The van der Waals surface area contributed by atoms with Crippen molar-refractivity contribution >= 4 is 17.8 Å². The van der Waals surface area contributed by atoms with Crippen molar-refractivity contribution in [3.63, 3.8) is 0 Å². The molecule has 1 heterocycles. The minimum atomic E-state index is -1.09. The van der Waals surface area contributed by atoms with Crippen LogP contribution in [0.3, 0.4) is 0 Å². The quantitative estimate of drug-likeness (QED) is 0.369. The molecule has 1 fully saturated rings. The molecule has 1 aliphatic heterocycles. The third-order valence-corrected chi connectivity index (χ3v) is 1.98. The van der Waals surface area contributed by atoms with Gasteiger partial charge in [0.15, 0.2) is 5.92 Å². The first-order valence-electron chi connectivity index (χ1n) is 3.54. The number of rotatable bonds is 1. The summed E-state index contributed by atoms with van der Waals surface area (Å²) in [5.41, 5.74) is 9.83. The van der Waals surface area contributed by atoms with E-state index in [1.807, 2.05) is 0 Å². The molecule has 0 saturated carbocycles. The van der Waals surface area contributed by atoms with Gasteiger partial charge in [0.2, 0.25) is 5.91 Å². The Morgan fingerprint density at radius 2 is 2.08 bits per heavy atom. The molecular weight excluding hydrogens is 178 g/mol. The van der Waals surface area contributed by atoms with Crippen LogP contribution in [0.15, 0.2) is 0 Å². The molecule has 1 saturated heterocycles. The fourth-order valence-corrected chi connectivity index (χ4v) is 1.03. The third kappa shape index (κ3) is 1.27. The number of imide groups is 1. The number of primary amides is 2. The van der Waals surface area contributed by atoms with E-state index in [0.717, 1.165) is 0 Å². The van der Waals surface area contributed by atoms with E-state index in [1.165, 1.54) is 7.05 Å². The monoisotopic (exact) mass is 188 g/mol. The molecule has 1 rings (SSSR count). The highest BCUT2D eigenvalue weighted by atomic mass is 16.7. The number of carbonyl (C=O) groups is 3. The smallest absolute Gasteiger partial charge is 0.369 e. The fourth-order valence-electron chi connectivity index (χ4n) is 1.03. The third-order valence-electron chi connectivity index (χ3n) is 1.98. The number of hydrogen-bond donors (Lipinski definition) is 2. The second kappa shape index (κ2) is 2.79. The zero-order valence-electron chi connectivity index (χ0n) is 7.02. The predicted octanol–water partition coefficient (Wildman–Crippen LogP) is -1.91. The summed E-state index contributed by atoms with van der Waals surface area (Å²) in [7, 11) is 1.17. The Labute approximate surface area is 73.8 Å². The second-order valence-corrected chi connectivity index (χ2v) is 2.85. The minimum Gasteiger partial charge on any atom is -0.369 e. The molecule has 0 spiro atoms. The molecule has 7 nitrogen and oxygen atoms in total. The van der Waals surface area contributed by atoms with Crippen molar-refractivity contribution in [1.29, 1.82) is 0 Å². The predicted molar refractivity (Wildman–Crippen MR) is 39.4 cm³/mol.